The van der Waals surface area contributed by atoms with Gasteiger partial charge in [-0.05, 0) is 58.1 Å². The van der Waals surface area contributed by atoms with E-state index in [1.165, 1.54) is 6.07 Å². The van der Waals surface area contributed by atoms with Crippen molar-refractivity contribution in [3.8, 4) is 0 Å². The molecule has 0 bridgehead atoms. The van der Waals surface area contributed by atoms with Crippen LogP contribution in [0, 0.1) is 0 Å². The molecule has 1 aromatic rings. The van der Waals surface area contributed by atoms with Crippen LogP contribution in [0.5, 0.6) is 0 Å². The summed E-state index contributed by atoms with van der Waals surface area (Å²) in [6.45, 7) is 6.96. The summed E-state index contributed by atoms with van der Waals surface area (Å²) in [5.74, 6) is 0. The third kappa shape index (κ3) is 4.10. The smallest absolute Gasteiger partial charge is 0.399 e. The van der Waals surface area contributed by atoms with Crippen LogP contribution in [0.25, 0.3) is 0 Å². The topological polar surface area (TPSA) is 64.6 Å². The van der Waals surface area contributed by atoms with Crippen molar-refractivity contribution in [3.63, 3.8) is 0 Å². The van der Waals surface area contributed by atoms with Crippen molar-refractivity contribution in [1.29, 1.82) is 0 Å². The lowest BCUT2D eigenvalue weighted by atomic mass is 9.76. The summed E-state index contributed by atoms with van der Waals surface area (Å²) in [4.78, 5) is -0.410. The second-order valence-electron chi connectivity index (χ2n) is 8.44. The maximum absolute atomic E-state index is 13.7. The first-order valence-electron chi connectivity index (χ1n) is 9.32. The van der Waals surface area contributed by atoms with Gasteiger partial charge in [0.25, 0.3) is 0 Å². The molecule has 1 aromatic carbocycles. The molecule has 1 heterocycles. The predicted molar refractivity (Wildman–Crippen MR) is 99.7 cm³/mol. The summed E-state index contributed by atoms with van der Waals surface area (Å²) in [6, 6.07) is 2.74. The Morgan fingerprint density at radius 2 is 1.61 bits per heavy atom. The van der Waals surface area contributed by atoms with Crippen molar-refractivity contribution in [2.75, 3.05) is 0 Å². The van der Waals surface area contributed by atoms with Gasteiger partial charge < -0.3 is 9.31 Å². The summed E-state index contributed by atoms with van der Waals surface area (Å²) in [6.07, 6.45) is -1.56. The predicted octanol–water partition coefficient (Wildman–Crippen LogP) is 3.23. The van der Waals surface area contributed by atoms with Crippen molar-refractivity contribution in [1.82, 2.24) is 4.72 Å². The molecule has 2 fully saturated rings. The number of hydrogen-bond donors (Lipinski definition) is 1. The van der Waals surface area contributed by atoms with Crippen LogP contribution >= 0.6 is 0 Å². The highest BCUT2D eigenvalue weighted by molar-refractivity contribution is 7.89. The van der Waals surface area contributed by atoms with Crippen LogP contribution in [-0.2, 0) is 25.5 Å². The van der Waals surface area contributed by atoms with Crippen LogP contribution in [-0.4, -0.2) is 32.8 Å². The fraction of sp³-hybridized carbons (Fsp3) is 0.667. The van der Waals surface area contributed by atoms with Gasteiger partial charge in [0.1, 0.15) is 0 Å². The first-order chi connectivity index (χ1) is 12.7. The van der Waals surface area contributed by atoms with E-state index in [1.54, 1.807) is 27.7 Å². The first kappa shape index (κ1) is 21.6. The summed E-state index contributed by atoms with van der Waals surface area (Å²) < 4.78 is 80.3. The highest BCUT2D eigenvalue weighted by Gasteiger charge is 2.53. The second kappa shape index (κ2) is 7.00. The number of benzene rings is 1. The third-order valence-corrected chi connectivity index (χ3v) is 7.34. The SMILES string of the molecule is CC1(C)OB(c2ccc(S(=O)(=O)NC3CCCC3)cc2C(F)(F)F)OC1(C)C. The number of nitrogens with one attached hydrogen (secondary N) is 1. The van der Waals surface area contributed by atoms with Gasteiger partial charge in [-0.3, -0.25) is 0 Å². The van der Waals surface area contributed by atoms with Crippen molar-refractivity contribution in [2.24, 2.45) is 0 Å². The zero-order valence-corrected chi connectivity index (χ0v) is 17.2. The van der Waals surface area contributed by atoms with E-state index in [2.05, 4.69) is 4.72 Å². The molecule has 0 amide bonds. The van der Waals surface area contributed by atoms with E-state index < -0.39 is 45.0 Å². The minimum Gasteiger partial charge on any atom is -0.399 e. The van der Waals surface area contributed by atoms with Gasteiger partial charge in [0.05, 0.1) is 21.7 Å². The lowest BCUT2D eigenvalue weighted by Gasteiger charge is -2.32. The monoisotopic (exact) mass is 419 g/mol. The van der Waals surface area contributed by atoms with E-state index >= 15 is 0 Å². The molecule has 1 N–H and O–H groups in total. The summed E-state index contributed by atoms with van der Waals surface area (Å²) in [5, 5.41) is 0. The van der Waals surface area contributed by atoms with Gasteiger partial charge in [0.2, 0.25) is 10.0 Å². The second-order valence-corrected chi connectivity index (χ2v) is 10.2. The summed E-state index contributed by atoms with van der Waals surface area (Å²) >= 11 is 0. The molecule has 0 spiro atoms. The van der Waals surface area contributed by atoms with Crippen LogP contribution < -0.4 is 10.2 Å². The molecule has 3 rings (SSSR count). The highest BCUT2D eigenvalue weighted by Crippen LogP contribution is 2.38. The van der Waals surface area contributed by atoms with Crippen molar-refractivity contribution >= 4 is 22.6 Å². The Balaban J connectivity index is 1.97. The fourth-order valence-electron chi connectivity index (χ4n) is 3.45. The molecule has 0 radical (unpaired) electrons. The lowest BCUT2D eigenvalue weighted by molar-refractivity contribution is -0.137. The average molecular weight is 419 g/mol. The molecule has 156 valence electrons. The molecule has 0 atom stereocenters. The van der Waals surface area contributed by atoms with Crippen LogP contribution in [0.15, 0.2) is 23.1 Å². The lowest BCUT2D eigenvalue weighted by Crippen LogP contribution is -2.41. The highest BCUT2D eigenvalue weighted by atomic mass is 32.2. The van der Waals surface area contributed by atoms with E-state index in [-0.39, 0.29) is 11.5 Å². The number of alkyl halides is 3. The van der Waals surface area contributed by atoms with E-state index in [9.17, 15) is 21.6 Å². The minimum absolute atomic E-state index is 0.231. The Kier molecular flexibility index (Phi) is 5.40. The van der Waals surface area contributed by atoms with Gasteiger partial charge in [-0.2, -0.15) is 13.2 Å². The Hall–Kier alpha value is -1.10. The number of sulfonamides is 1. The van der Waals surface area contributed by atoms with E-state index in [1.807, 2.05) is 0 Å². The normalized spacial score (nSPS) is 22.8. The number of halogens is 3. The molecule has 1 saturated heterocycles. The largest absolute Gasteiger partial charge is 0.495 e. The van der Waals surface area contributed by atoms with Crippen molar-refractivity contribution < 1.29 is 30.9 Å². The maximum atomic E-state index is 13.7. The standard InChI is InChI=1S/C18H25BF3NO4S/c1-16(2)17(3,4)27-19(26-16)15-10-9-13(11-14(15)18(20,21)22)28(24,25)23-12-7-5-6-8-12/h9-12,23H,5-8H2,1-4H3. The Labute approximate surface area is 164 Å². The third-order valence-electron chi connectivity index (χ3n) is 5.82. The maximum Gasteiger partial charge on any atom is 0.495 e. The molecular weight excluding hydrogens is 394 g/mol. The van der Waals surface area contributed by atoms with Gasteiger partial charge in [0.15, 0.2) is 0 Å². The molecular formula is C18H25BF3NO4S. The molecule has 0 unspecified atom stereocenters. The zero-order chi connectivity index (χ0) is 21.0. The van der Waals surface area contributed by atoms with Gasteiger partial charge in [-0.15, -0.1) is 0 Å². The quantitative estimate of drug-likeness (QED) is 0.762. The molecule has 1 saturated carbocycles. The van der Waals surface area contributed by atoms with E-state index in [4.69, 9.17) is 9.31 Å². The molecule has 10 heteroatoms. The fourth-order valence-corrected chi connectivity index (χ4v) is 4.79. The summed E-state index contributed by atoms with van der Waals surface area (Å²) in [7, 11) is -5.28. The van der Waals surface area contributed by atoms with Crippen LogP contribution in [0.4, 0.5) is 13.2 Å². The Morgan fingerprint density at radius 3 is 2.11 bits per heavy atom. The Morgan fingerprint density at radius 1 is 1.07 bits per heavy atom. The molecule has 2 aliphatic rings. The van der Waals surface area contributed by atoms with Gasteiger partial charge in [0, 0.05) is 6.04 Å². The van der Waals surface area contributed by atoms with Crippen LogP contribution in [0.1, 0.15) is 58.9 Å². The van der Waals surface area contributed by atoms with Gasteiger partial charge in [-0.1, -0.05) is 18.9 Å². The minimum atomic E-state index is -4.75. The first-order valence-corrected chi connectivity index (χ1v) is 10.8. The van der Waals surface area contributed by atoms with Gasteiger partial charge >= 0.3 is 13.3 Å². The zero-order valence-electron chi connectivity index (χ0n) is 16.4. The van der Waals surface area contributed by atoms with E-state index in [0.29, 0.717) is 18.9 Å². The molecule has 28 heavy (non-hydrogen) atoms. The number of rotatable bonds is 4. The Bertz CT molecular complexity index is 833. The average Bonchev–Trinajstić information content (AvgIpc) is 3.11. The molecule has 1 aliphatic heterocycles. The van der Waals surface area contributed by atoms with E-state index in [0.717, 1.165) is 18.9 Å². The van der Waals surface area contributed by atoms with Crippen LogP contribution in [0.3, 0.4) is 0 Å². The molecule has 0 aromatic heterocycles. The molecule has 1 aliphatic carbocycles. The van der Waals surface area contributed by atoms with Crippen molar-refractivity contribution in [2.45, 2.75) is 81.7 Å². The molecule has 5 nitrogen and oxygen atoms in total. The summed E-state index contributed by atoms with van der Waals surface area (Å²) in [5.41, 5.74) is -2.92. The van der Waals surface area contributed by atoms with Gasteiger partial charge in [-0.25, -0.2) is 13.1 Å². The van der Waals surface area contributed by atoms with Crippen molar-refractivity contribution in [3.05, 3.63) is 23.8 Å². The van der Waals surface area contributed by atoms with Crippen LogP contribution in [0.2, 0.25) is 0 Å². The number of hydrogen-bond acceptors (Lipinski definition) is 4.